The van der Waals surface area contributed by atoms with Gasteiger partial charge in [-0.1, -0.05) is 42.5 Å². The zero-order valence-corrected chi connectivity index (χ0v) is 16.2. The third kappa shape index (κ3) is 7.36. The van der Waals surface area contributed by atoms with Crippen LogP contribution in [0.25, 0.3) is 0 Å². The summed E-state index contributed by atoms with van der Waals surface area (Å²) >= 11 is 0. The van der Waals surface area contributed by atoms with Crippen molar-refractivity contribution in [1.82, 2.24) is 20.9 Å². The van der Waals surface area contributed by atoms with E-state index in [-0.39, 0.29) is 36.8 Å². The van der Waals surface area contributed by atoms with Crippen LogP contribution in [0.3, 0.4) is 0 Å². The summed E-state index contributed by atoms with van der Waals surface area (Å²) < 4.78 is 13.5. The van der Waals surface area contributed by atoms with E-state index in [1.165, 1.54) is 12.1 Å². The second kappa shape index (κ2) is 11.0. The zero-order chi connectivity index (χ0) is 20.4. The Hall–Kier alpha value is -2.93. The summed E-state index contributed by atoms with van der Waals surface area (Å²) in [6, 6.07) is 15.5. The first-order chi connectivity index (χ1) is 13.5. The molecule has 7 heteroatoms. The van der Waals surface area contributed by atoms with Gasteiger partial charge in [-0.05, 0) is 37.4 Å². The molecule has 0 aliphatic heterocycles. The van der Waals surface area contributed by atoms with Gasteiger partial charge in [0.05, 0.1) is 6.04 Å². The number of urea groups is 1. The number of likely N-dealkylation sites (N-methyl/N-ethyl adjacent to an activating group) is 1. The molecular formula is C21H27FN4O2. The molecule has 0 aliphatic carbocycles. The summed E-state index contributed by atoms with van der Waals surface area (Å²) in [4.78, 5) is 25.7. The number of amides is 3. The Kier molecular flexibility index (Phi) is 8.42. The average Bonchev–Trinajstić information content (AvgIpc) is 2.67. The number of nitrogens with one attached hydrogen (secondary N) is 3. The van der Waals surface area contributed by atoms with Crippen molar-refractivity contribution in [2.24, 2.45) is 0 Å². The van der Waals surface area contributed by atoms with E-state index in [2.05, 4.69) is 16.0 Å². The molecule has 3 amide bonds. The molecule has 2 aromatic carbocycles. The first-order valence-corrected chi connectivity index (χ1v) is 9.20. The highest BCUT2D eigenvalue weighted by Crippen LogP contribution is 2.18. The van der Waals surface area contributed by atoms with Crippen LogP contribution in [0.1, 0.15) is 23.6 Å². The van der Waals surface area contributed by atoms with E-state index >= 15 is 0 Å². The Morgan fingerprint density at radius 1 is 1.00 bits per heavy atom. The molecular weight excluding hydrogens is 359 g/mol. The molecule has 0 bridgehead atoms. The van der Waals surface area contributed by atoms with Crippen LogP contribution < -0.4 is 16.0 Å². The number of benzene rings is 2. The lowest BCUT2D eigenvalue weighted by molar-refractivity contribution is -0.121. The predicted molar refractivity (Wildman–Crippen MR) is 107 cm³/mol. The Morgan fingerprint density at radius 2 is 1.75 bits per heavy atom. The minimum Gasteiger partial charge on any atom is -0.354 e. The van der Waals surface area contributed by atoms with Crippen LogP contribution in [-0.2, 0) is 11.3 Å². The average molecular weight is 386 g/mol. The number of hydrogen-bond acceptors (Lipinski definition) is 3. The molecule has 0 unspecified atom stereocenters. The van der Waals surface area contributed by atoms with Crippen molar-refractivity contribution in [2.75, 3.05) is 27.2 Å². The smallest absolute Gasteiger partial charge is 0.315 e. The minimum absolute atomic E-state index is 0.137. The number of hydrogen-bond donors (Lipinski definition) is 3. The van der Waals surface area contributed by atoms with Gasteiger partial charge in [0.2, 0.25) is 5.91 Å². The van der Waals surface area contributed by atoms with E-state index in [0.717, 1.165) is 11.1 Å². The van der Waals surface area contributed by atoms with Crippen molar-refractivity contribution < 1.29 is 14.0 Å². The van der Waals surface area contributed by atoms with Gasteiger partial charge < -0.3 is 20.9 Å². The van der Waals surface area contributed by atoms with Crippen LogP contribution in [0.4, 0.5) is 9.18 Å². The second-order valence-corrected chi connectivity index (χ2v) is 6.68. The highest BCUT2D eigenvalue weighted by Gasteiger charge is 2.16. The van der Waals surface area contributed by atoms with Crippen LogP contribution in [0.2, 0.25) is 0 Å². The summed E-state index contributed by atoms with van der Waals surface area (Å²) in [7, 11) is 3.75. The van der Waals surface area contributed by atoms with Gasteiger partial charge in [0, 0.05) is 26.1 Å². The summed E-state index contributed by atoms with van der Waals surface area (Å²) in [6.07, 6.45) is 0.169. The van der Waals surface area contributed by atoms with E-state index in [4.69, 9.17) is 0 Å². The summed E-state index contributed by atoms with van der Waals surface area (Å²) in [5.74, 6) is -0.479. The van der Waals surface area contributed by atoms with E-state index < -0.39 is 0 Å². The molecule has 1 atom stereocenters. The van der Waals surface area contributed by atoms with Gasteiger partial charge in [0.15, 0.2) is 0 Å². The largest absolute Gasteiger partial charge is 0.354 e. The fourth-order valence-electron chi connectivity index (χ4n) is 2.74. The fraction of sp³-hybridized carbons (Fsp3) is 0.333. The quantitative estimate of drug-likeness (QED) is 0.620. The first-order valence-electron chi connectivity index (χ1n) is 9.20. The molecule has 2 aromatic rings. The molecule has 0 aliphatic rings. The summed E-state index contributed by atoms with van der Waals surface area (Å²) in [5, 5.41) is 8.24. The fourth-order valence-corrected chi connectivity index (χ4v) is 2.74. The van der Waals surface area contributed by atoms with Crippen LogP contribution in [0.15, 0.2) is 54.6 Å². The van der Waals surface area contributed by atoms with Gasteiger partial charge in [0.1, 0.15) is 5.82 Å². The molecule has 28 heavy (non-hydrogen) atoms. The van der Waals surface area contributed by atoms with Gasteiger partial charge in [-0.25, -0.2) is 9.18 Å². The lowest BCUT2D eigenvalue weighted by Crippen LogP contribution is -2.39. The summed E-state index contributed by atoms with van der Waals surface area (Å²) in [6.45, 7) is 1.02. The molecule has 0 radical (unpaired) electrons. The van der Waals surface area contributed by atoms with E-state index in [1.807, 2.05) is 55.4 Å². The van der Waals surface area contributed by atoms with Gasteiger partial charge in [-0.15, -0.1) is 0 Å². The third-order valence-corrected chi connectivity index (χ3v) is 4.28. The molecule has 0 aromatic heterocycles. The minimum atomic E-state index is -0.317. The standard InChI is InChI=1S/C21H27FN4O2/c1-26(2)19(17-9-6-10-18(22)13-17)15-24-20(27)11-12-23-21(28)25-14-16-7-4-3-5-8-16/h3-10,13,19H,11-12,14-15H2,1-2H3,(H,24,27)(H2,23,25,28)/t19-/m0/s1. The predicted octanol–water partition coefficient (Wildman–Crippen LogP) is 2.43. The van der Waals surface area contributed by atoms with Crippen molar-refractivity contribution >= 4 is 11.9 Å². The number of rotatable bonds is 9. The Labute approximate surface area is 165 Å². The van der Waals surface area contributed by atoms with E-state index in [1.54, 1.807) is 6.07 Å². The SMILES string of the molecule is CN(C)[C@@H](CNC(=O)CCNC(=O)NCc1ccccc1)c1cccc(F)c1. The van der Waals surface area contributed by atoms with Crippen LogP contribution in [0.5, 0.6) is 0 Å². The van der Waals surface area contributed by atoms with Gasteiger partial charge in [-0.2, -0.15) is 0 Å². The molecule has 6 nitrogen and oxygen atoms in total. The molecule has 0 spiro atoms. The molecule has 0 fully saturated rings. The number of carbonyl (C=O) groups is 2. The van der Waals surface area contributed by atoms with Crippen molar-refractivity contribution in [2.45, 2.75) is 19.0 Å². The third-order valence-electron chi connectivity index (χ3n) is 4.28. The van der Waals surface area contributed by atoms with Gasteiger partial charge in [0.25, 0.3) is 0 Å². The van der Waals surface area contributed by atoms with Crippen LogP contribution in [0, 0.1) is 5.82 Å². The maximum atomic E-state index is 13.5. The lowest BCUT2D eigenvalue weighted by Gasteiger charge is -2.25. The first kappa shape index (κ1) is 21.4. The molecule has 0 saturated carbocycles. The van der Waals surface area contributed by atoms with Crippen molar-refractivity contribution in [1.29, 1.82) is 0 Å². The number of halogens is 1. The van der Waals surface area contributed by atoms with Crippen LogP contribution in [-0.4, -0.2) is 44.0 Å². The highest BCUT2D eigenvalue weighted by molar-refractivity contribution is 5.78. The molecule has 0 heterocycles. The number of carbonyl (C=O) groups excluding carboxylic acids is 2. The van der Waals surface area contributed by atoms with Gasteiger partial charge in [-0.3, -0.25) is 4.79 Å². The van der Waals surface area contributed by atoms with Crippen molar-refractivity contribution in [3.05, 3.63) is 71.5 Å². The van der Waals surface area contributed by atoms with Crippen molar-refractivity contribution in [3.63, 3.8) is 0 Å². The zero-order valence-electron chi connectivity index (χ0n) is 16.2. The second-order valence-electron chi connectivity index (χ2n) is 6.68. The Balaban J connectivity index is 1.69. The number of nitrogens with zero attached hydrogens (tertiary/aromatic N) is 1. The van der Waals surface area contributed by atoms with Crippen molar-refractivity contribution in [3.8, 4) is 0 Å². The topological polar surface area (TPSA) is 73.5 Å². The normalized spacial score (nSPS) is 11.7. The highest BCUT2D eigenvalue weighted by atomic mass is 19.1. The summed E-state index contributed by atoms with van der Waals surface area (Å²) in [5.41, 5.74) is 1.80. The maximum Gasteiger partial charge on any atom is 0.315 e. The Bertz CT molecular complexity index is 768. The lowest BCUT2D eigenvalue weighted by atomic mass is 10.1. The molecule has 2 rings (SSSR count). The van der Waals surface area contributed by atoms with Crippen LogP contribution >= 0.6 is 0 Å². The maximum absolute atomic E-state index is 13.5. The monoisotopic (exact) mass is 386 g/mol. The Morgan fingerprint density at radius 3 is 2.43 bits per heavy atom. The van der Waals surface area contributed by atoms with Gasteiger partial charge >= 0.3 is 6.03 Å². The van der Waals surface area contributed by atoms with E-state index in [0.29, 0.717) is 13.1 Å². The van der Waals surface area contributed by atoms with E-state index in [9.17, 15) is 14.0 Å². The molecule has 0 saturated heterocycles. The molecule has 150 valence electrons. The molecule has 3 N–H and O–H groups in total.